The molecule has 0 saturated heterocycles. The van der Waals surface area contributed by atoms with Crippen molar-refractivity contribution < 1.29 is 14.2 Å². The van der Waals surface area contributed by atoms with Crippen LogP contribution in [0.4, 0.5) is 0 Å². The summed E-state index contributed by atoms with van der Waals surface area (Å²) in [6.07, 6.45) is 0.767. The van der Waals surface area contributed by atoms with Crippen molar-refractivity contribution >= 4 is 0 Å². The van der Waals surface area contributed by atoms with Crippen LogP contribution in [0.15, 0.2) is 18.2 Å². The molecule has 1 unspecified atom stereocenters. The van der Waals surface area contributed by atoms with Gasteiger partial charge in [0.1, 0.15) is 11.5 Å². The molecule has 90 valence electrons. The van der Waals surface area contributed by atoms with Gasteiger partial charge in [-0.2, -0.15) is 0 Å². The third-order valence-corrected chi connectivity index (χ3v) is 2.15. The van der Waals surface area contributed by atoms with Crippen molar-refractivity contribution in [3.05, 3.63) is 23.8 Å². The number of rotatable bonds is 6. The van der Waals surface area contributed by atoms with E-state index in [1.807, 2.05) is 25.1 Å². The lowest BCUT2D eigenvalue weighted by Gasteiger charge is -2.13. The Morgan fingerprint density at radius 3 is 2.62 bits per heavy atom. The highest BCUT2D eigenvalue weighted by molar-refractivity contribution is 5.41. The predicted molar refractivity (Wildman–Crippen MR) is 62.9 cm³/mol. The summed E-state index contributed by atoms with van der Waals surface area (Å²) in [6.45, 7) is 2.18. The smallest absolute Gasteiger partial charge is 0.188 e. The van der Waals surface area contributed by atoms with Crippen molar-refractivity contribution in [1.82, 2.24) is 0 Å². The summed E-state index contributed by atoms with van der Waals surface area (Å²) in [5, 5.41) is 0. The molecule has 0 aliphatic carbocycles. The van der Waals surface area contributed by atoms with E-state index in [0.717, 1.165) is 23.5 Å². The Morgan fingerprint density at radius 2 is 2.06 bits per heavy atom. The van der Waals surface area contributed by atoms with Crippen LogP contribution < -0.4 is 15.2 Å². The van der Waals surface area contributed by atoms with Gasteiger partial charge in [0.2, 0.25) is 0 Å². The van der Waals surface area contributed by atoms with Gasteiger partial charge in [-0.3, -0.25) is 0 Å². The van der Waals surface area contributed by atoms with Gasteiger partial charge in [0.25, 0.3) is 0 Å². The second kappa shape index (κ2) is 6.35. The Bertz CT molecular complexity index is 326. The number of hydrogen-bond donors (Lipinski definition) is 1. The molecule has 0 amide bonds. The van der Waals surface area contributed by atoms with Crippen LogP contribution in [0.1, 0.15) is 12.5 Å². The van der Waals surface area contributed by atoms with Crippen LogP contribution in [-0.2, 0) is 11.2 Å². The Morgan fingerprint density at radius 1 is 1.31 bits per heavy atom. The zero-order valence-electron chi connectivity index (χ0n) is 10.0. The van der Waals surface area contributed by atoms with Crippen LogP contribution in [-0.4, -0.2) is 27.1 Å². The van der Waals surface area contributed by atoms with E-state index in [-0.39, 0.29) is 12.8 Å². The first-order valence-corrected chi connectivity index (χ1v) is 5.21. The zero-order valence-corrected chi connectivity index (χ0v) is 10.0. The van der Waals surface area contributed by atoms with Crippen molar-refractivity contribution in [3.63, 3.8) is 0 Å². The van der Waals surface area contributed by atoms with E-state index in [0.29, 0.717) is 0 Å². The number of hydrogen-bond acceptors (Lipinski definition) is 4. The maximum absolute atomic E-state index is 5.77. The number of nitrogens with two attached hydrogens (primary N) is 1. The Labute approximate surface area is 96.3 Å². The molecule has 0 radical (unpaired) electrons. The van der Waals surface area contributed by atoms with Gasteiger partial charge in [0.15, 0.2) is 6.79 Å². The fourth-order valence-corrected chi connectivity index (χ4v) is 1.43. The van der Waals surface area contributed by atoms with E-state index in [4.69, 9.17) is 19.9 Å². The van der Waals surface area contributed by atoms with Crippen LogP contribution in [0.5, 0.6) is 11.5 Å². The summed E-state index contributed by atoms with van der Waals surface area (Å²) < 4.78 is 15.5. The average Bonchev–Trinajstić information content (AvgIpc) is 2.27. The van der Waals surface area contributed by atoms with Crippen LogP contribution >= 0.6 is 0 Å². The largest absolute Gasteiger partial charge is 0.497 e. The molecule has 1 aromatic carbocycles. The molecule has 0 aromatic heterocycles. The number of benzene rings is 1. The van der Waals surface area contributed by atoms with E-state index >= 15 is 0 Å². The second-order valence-electron chi connectivity index (χ2n) is 3.71. The summed E-state index contributed by atoms with van der Waals surface area (Å²) in [5.74, 6) is 1.53. The lowest BCUT2D eigenvalue weighted by atomic mass is 10.1. The summed E-state index contributed by atoms with van der Waals surface area (Å²) >= 11 is 0. The maximum atomic E-state index is 5.77. The normalized spacial score (nSPS) is 12.2. The average molecular weight is 225 g/mol. The molecule has 16 heavy (non-hydrogen) atoms. The fourth-order valence-electron chi connectivity index (χ4n) is 1.43. The SMILES string of the molecule is COCOc1cc(OC)ccc1CC(C)N. The van der Waals surface area contributed by atoms with Crippen LogP contribution in [0.3, 0.4) is 0 Å². The molecule has 0 aliphatic heterocycles. The van der Waals surface area contributed by atoms with E-state index in [1.165, 1.54) is 0 Å². The first-order chi connectivity index (χ1) is 7.67. The minimum atomic E-state index is 0.0956. The highest BCUT2D eigenvalue weighted by Crippen LogP contribution is 2.25. The predicted octanol–water partition coefficient (Wildman–Crippen LogP) is 1.57. The molecular formula is C12H19NO3. The standard InChI is InChI=1S/C12H19NO3/c1-9(13)6-10-4-5-11(15-3)7-12(10)16-8-14-2/h4-5,7,9H,6,8,13H2,1-3H3. The first kappa shape index (κ1) is 12.8. The Balaban J connectivity index is 2.87. The highest BCUT2D eigenvalue weighted by Gasteiger charge is 2.07. The summed E-state index contributed by atoms with van der Waals surface area (Å²) in [6, 6.07) is 5.81. The van der Waals surface area contributed by atoms with Crippen molar-refractivity contribution in [2.75, 3.05) is 21.0 Å². The Kier molecular flexibility index (Phi) is 5.08. The third kappa shape index (κ3) is 3.72. The van der Waals surface area contributed by atoms with Gasteiger partial charge < -0.3 is 19.9 Å². The molecule has 4 heteroatoms. The minimum absolute atomic E-state index is 0.0956. The molecule has 0 saturated carbocycles. The molecule has 4 nitrogen and oxygen atoms in total. The second-order valence-corrected chi connectivity index (χ2v) is 3.71. The zero-order chi connectivity index (χ0) is 12.0. The van der Waals surface area contributed by atoms with Crippen molar-refractivity contribution in [3.8, 4) is 11.5 Å². The van der Waals surface area contributed by atoms with Gasteiger partial charge in [-0.15, -0.1) is 0 Å². The van der Waals surface area contributed by atoms with Crippen LogP contribution in [0.25, 0.3) is 0 Å². The molecule has 0 spiro atoms. The third-order valence-electron chi connectivity index (χ3n) is 2.15. The maximum Gasteiger partial charge on any atom is 0.188 e. The first-order valence-electron chi connectivity index (χ1n) is 5.21. The quantitative estimate of drug-likeness (QED) is 0.747. The van der Waals surface area contributed by atoms with Crippen LogP contribution in [0.2, 0.25) is 0 Å². The lowest BCUT2D eigenvalue weighted by molar-refractivity contribution is 0.0502. The van der Waals surface area contributed by atoms with Gasteiger partial charge in [-0.25, -0.2) is 0 Å². The molecular weight excluding hydrogens is 206 g/mol. The summed E-state index contributed by atoms with van der Waals surface area (Å²) in [4.78, 5) is 0. The molecule has 1 atom stereocenters. The molecule has 0 fully saturated rings. The van der Waals surface area contributed by atoms with E-state index in [1.54, 1.807) is 14.2 Å². The lowest BCUT2D eigenvalue weighted by Crippen LogP contribution is -2.18. The number of ether oxygens (including phenoxy) is 3. The molecule has 1 aromatic rings. The van der Waals surface area contributed by atoms with Crippen molar-refractivity contribution in [1.29, 1.82) is 0 Å². The minimum Gasteiger partial charge on any atom is -0.497 e. The Hall–Kier alpha value is -1.26. The topological polar surface area (TPSA) is 53.7 Å². The van der Waals surface area contributed by atoms with Gasteiger partial charge >= 0.3 is 0 Å². The molecule has 1 rings (SSSR count). The summed E-state index contributed by atoms with van der Waals surface area (Å²) in [5.41, 5.74) is 6.84. The van der Waals surface area contributed by atoms with Crippen molar-refractivity contribution in [2.45, 2.75) is 19.4 Å². The van der Waals surface area contributed by atoms with Crippen LogP contribution in [0, 0.1) is 0 Å². The molecule has 0 heterocycles. The van der Waals surface area contributed by atoms with Gasteiger partial charge in [-0.05, 0) is 25.0 Å². The van der Waals surface area contributed by atoms with Gasteiger partial charge in [-0.1, -0.05) is 6.07 Å². The molecule has 2 N–H and O–H groups in total. The van der Waals surface area contributed by atoms with Gasteiger partial charge in [0, 0.05) is 19.2 Å². The van der Waals surface area contributed by atoms with E-state index < -0.39 is 0 Å². The highest BCUT2D eigenvalue weighted by atomic mass is 16.7. The van der Waals surface area contributed by atoms with E-state index in [2.05, 4.69) is 0 Å². The van der Waals surface area contributed by atoms with E-state index in [9.17, 15) is 0 Å². The van der Waals surface area contributed by atoms with Crippen molar-refractivity contribution in [2.24, 2.45) is 5.73 Å². The molecule has 0 aliphatic rings. The van der Waals surface area contributed by atoms with Gasteiger partial charge in [0.05, 0.1) is 7.11 Å². The molecule has 0 bridgehead atoms. The number of methoxy groups -OCH3 is 2. The fraction of sp³-hybridized carbons (Fsp3) is 0.500. The summed E-state index contributed by atoms with van der Waals surface area (Å²) in [7, 11) is 3.21. The monoisotopic (exact) mass is 225 g/mol.